The largest absolute Gasteiger partial charge is 0.325 e. The van der Waals surface area contributed by atoms with E-state index in [-0.39, 0.29) is 11.6 Å². The minimum absolute atomic E-state index is 0.00181. The Labute approximate surface area is 144 Å². The van der Waals surface area contributed by atoms with Gasteiger partial charge in [-0.2, -0.15) is 0 Å². The van der Waals surface area contributed by atoms with Gasteiger partial charge in [0.15, 0.2) is 0 Å². The molecule has 0 radical (unpaired) electrons. The Kier molecular flexibility index (Phi) is 4.28. The first-order valence-corrected chi connectivity index (χ1v) is 8.13. The number of rotatable bonds is 4. The zero-order chi connectivity index (χ0) is 17.3. The van der Waals surface area contributed by atoms with Crippen LogP contribution in [0.1, 0.15) is 30.4 Å². The second-order valence-corrected chi connectivity index (χ2v) is 6.54. The first-order valence-electron chi connectivity index (χ1n) is 7.75. The normalized spacial score (nSPS) is 15.4. The molecule has 24 heavy (non-hydrogen) atoms. The number of hydrogen-bond acceptors (Lipinski definition) is 3. The average Bonchev–Trinajstić information content (AvgIpc) is 2.50. The first kappa shape index (κ1) is 16.5. The van der Waals surface area contributed by atoms with E-state index in [9.17, 15) is 14.9 Å². The van der Waals surface area contributed by atoms with Crippen LogP contribution < -0.4 is 5.32 Å². The van der Waals surface area contributed by atoms with E-state index < -0.39 is 10.3 Å². The molecule has 0 unspecified atom stereocenters. The van der Waals surface area contributed by atoms with E-state index in [0.717, 1.165) is 24.8 Å². The molecule has 6 heteroatoms. The van der Waals surface area contributed by atoms with Crippen LogP contribution in [0.4, 0.5) is 11.4 Å². The van der Waals surface area contributed by atoms with Crippen molar-refractivity contribution in [2.45, 2.75) is 31.6 Å². The van der Waals surface area contributed by atoms with Crippen LogP contribution in [-0.2, 0) is 10.2 Å². The van der Waals surface area contributed by atoms with Crippen molar-refractivity contribution in [2.75, 3.05) is 5.32 Å². The number of carbonyl (C=O) groups excluding carboxylic acids is 1. The molecule has 0 saturated heterocycles. The highest BCUT2D eigenvalue weighted by Gasteiger charge is 2.45. The number of carbonyl (C=O) groups is 1. The zero-order valence-electron chi connectivity index (χ0n) is 13.2. The summed E-state index contributed by atoms with van der Waals surface area (Å²) in [6.45, 7) is 1.64. The maximum atomic E-state index is 12.9. The molecule has 0 aromatic heterocycles. The average molecular weight is 345 g/mol. The van der Waals surface area contributed by atoms with Gasteiger partial charge in [-0.25, -0.2) is 0 Å². The van der Waals surface area contributed by atoms with Crippen molar-refractivity contribution < 1.29 is 9.72 Å². The third kappa shape index (κ3) is 2.76. The van der Waals surface area contributed by atoms with Gasteiger partial charge in [0.1, 0.15) is 0 Å². The number of halogens is 1. The number of nitro benzene ring substituents is 1. The quantitative estimate of drug-likeness (QED) is 0.649. The molecule has 5 nitrogen and oxygen atoms in total. The summed E-state index contributed by atoms with van der Waals surface area (Å²) in [6.07, 6.45) is 2.49. The van der Waals surface area contributed by atoms with Gasteiger partial charge < -0.3 is 5.32 Å². The highest BCUT2D eigenvalue weighted by Crippen LogP contribution is 2.45. The van der Waals surface area contributed by atoms with Crippen LogP contribution in [-0.4, -0.2) is 10.8 Å². The summed E-state index contributed by atoms with van der Waals surface area (Å²) in [5.41, 5.74) is 1.29. The summed E-state index contributed by atoms with van der Waals surface area (Å²) >= 11 is 5.94. The number of amides is 1. The molecule has 3 rings (SSSR count). The van der Waals surface area contributed by atoms with Crippen molar-refractivity contribution in [1.82, 2.24) is 0 Å². The lowest BCUT2D eigenvalue weighted by Crippen LogP contribution is -2.46. The van der Waals surface area contributed by atoms with Crippen molar-refractivity contribution in [1.29, 1.82) is 0 Å². The SMILES string of the molecule is Cc1c(NC(=O)C2(c3ccc(Cl)cc3)CCC2)cccc1[N+](=O)[O-]. The third-order valence-electron chi connectivity index (χ3n) is 4.79. The van der Waals surface area contributed by atoms with Gasteiger partial charge in [0, 0.05) is 11.1 Å². The van der Waals surface area contributed by atoms with Gasteiger partial charge in [-0.1, -0.05) is 36.2 Å². The van der Waals surface area contributed by atoms with E-state index in [1.54, 1.807) is 31.2 Å². The molecule has 2 aromatic carbocycles. The molecule has 0 bridgehead atoms. The fourth-order valence-electron chi connectivity index (χ4n) is 3.14. The minimum atomic E-state index is -0.582. The van der Waals surface area contributed by atoms with Crippen LogP contribution in [0, 0.1) is 17.0 Å². The molecule has 1 aliphatic carbocycles. The van der Waals surface area contributed by atoms with Crippen LogP contribution in [0.25, 0.3) is 0 Å². The summed E-state index contributed by atoms with van der Waals surface area (Å²) in [5.74, 6) is -0.125. The minimum Gasteiger partial charge on any atom is -0.325 e. The Balaban J connectivity index is 1.90. The molecule has 2 aromatic rings. The van der Waals surface area contributed by atoms with E-state index in [4.69, 9.17) is 11.6 Å². The summed E-state index contributed by atoms with van der Waals surface area (Å²) < 4.78 is 0. The molecule has 1 amide bonds. The molecule has 0 atom stereocenters. The lowest BCUT2D eigenvalue weighted by Gasteiger charge is -2.40. The standard InChI is InChI=1S/C18H17ClN2O3/c1-12-15(4-2-5-16(12)21(23)24)20-17(22)18(10-3-11-18)13-6-8-14(19)9-7-13/h2,4-9H,3,10-11H2,1H3,(H,20,22). The van der Waals surface area contributed by atoms with Crippen molar-refractivity contribution in [3.05, 3.63) is 68.7 Å². The first-order chi connectivity index (χ1) is 11.4. The topological polar surface area (TPSA) is 72.2 Å². The zero-order valence-corrected chi connectivity index (χ0v) is 14.0. The van der Waals surface area contributed by atoms with E-state index in [1.165, 1.54) is 6.07 Å². The summed E-state index contributed by atoms with van der Waals surface area (Å²) in [6, 6.07) is 12.0. The number of hydrogen-bond donors (Lipinski definition) is 1. The number of nitrogens with one attached hydrogen (secondary N) is 1. The number of benzene rings is 2. The Hall–Kier alpha value is -2.40. The maximum Gasteiger partial charge on any atom is 0.274 e. The van der Waals surface area contributed by atoms with Gasteiger partial charge in [-0.3, -0.25) is 14.9 Å². The lowest BCUT2D eigenvalue weighted by molar-refractivity contribution is -0.385. The summed E-state index contributed by atoms with van der Waals surface area (Å²) in [4.78, 5) is 23.5. The van der Waals surface area contributed by atoms with Crippen molar-refractivity contribution in [2.24, 2.45) is 0 Å². The van der Waals surface area contributed by atoms with Crippen LogP contribution in [0.15, 0.2) is 42.5 Å². The predicted molar refractivity (Wildman–Crippen MR) is 93.4 cm³/mol. The Morgan fingerprint density at radius 1 is 1.21 bits per heavy atom. The Morgan fingerprint density at radius 3 is 2.42 bits per heavy atom. The fourth-order valence-corrected chi connectivity index (χ4v) is 3.27. The third-order valence-corrected chi connectivity index (χ3v) is 5.04. The molecular weight excluding hydrogens is 328 g/mol. The monoisotopic (exact) mass is 344 g/mol. The molecule has 1 saturated carbocycles. The van der Waals surface area contributed by atoms with Crippen molar-refractivity contribution >= 4 is 28.9 Å². The smallest absolute Gasteiger partial charge is 0.274 e. The van der Waals surface area contributed by atoms with Crippen LogP contribution in [0.5, 0.6) is 0 Å². The van der Waals surface area contributed by atoms with Gasteiger partial charge in [0.2, 0.25) is 5.91 Å². The van der Waals surface area contributed by atoms with Crippen LogP contribution in [0.2, 0.25) is 5.02 Å². The van der Waals surface area contributed by atoms with E-state index in [1.807, 2.05) is 12.1 Å². The molecule has 124 valence electrons. The Bertz CT molecular complexity index is 798. The van der Waals surface area contributed by atoms with Gasteiger partial charge in [0.05, 0.1) is 21.6 Å². The second kappa shape index (κ2) is 6.24. The lowest BCUT2D eigenvalue weighted by atomic mass is 9.64. The number of anilines is 1. The van der Waals surface area contributed by atoms with E-state index in [2.05, 4.69) is 5.32 Å². The van der Waals surface area contributed by atoms with Crippen LogP contribution >= 0.6 is 11.6 Å². The molecule has 1 N–H and O–H groups in total. The number of nitrogens with zero attached hydrogens (tertiary/aromatic N) is 1. The fraction of sp³-hybridized carbons (Fsp3) is 0.278. The van der Waals surface area contributed by atoms with Crippen molar-refractivity contribution in [3.8, 4) is 0 Å². The highest BCUT2D eigenvalue weighted by molar-refractivity contribution is 6.30. The summed E-state index contributed by atoms with van der Waals surface area (Å²) in [7, 11) is 0. The highest BCUT2D eigenvalue weighted by atomic mass is 35.5. The second-order valence-electron chi connectivity index (χ2n) is 6.10. The molecule has 0 aliphatic heterocycles. The number of nitro groups is 1. The molecule has 0 spiro atoms. The summed E-state index contributed by atoms with van der Waals surface area (Å²) in [5, 5.41) is 14.6. The van der Waals surface area contributed by atoms with Crippen LogP contribution in [0.3, 0.4) is 0 Å². The van der Waals surface area contributed by atoms with Gasteiger partial charge in [-0.05, 0) is 43.5 Å². The van der Waals surface area contributed by atoms with Gasteiger partial charge >= 0.3 is 0 Å². The van der Waals surface area contributed by atoms with E-state index in [0.29, 0.717) is 16.3 Å². The predicted octanol–water partition coefficient (Wildman–Crippen LogP) is 4.62. The molecule has 1 aliphatic rings. The van der Waals surface area contributed by atoms with Gasteiger partial charge in [0.25, 0.3) is 5.69 Å². The van der Waals surface area contributed by atoms with Gasteiger partial charge in [-0.15, -0.1) is 0 Å². The molecule has 1 fully saturated rings. The Morgan fingerprint density at radius 2 is 1.88 bits per heavy atom. The maximum absolute atomic E-state index is 12.9. The molecular formula is C18H17ClN2O3. The van der Waals surface area contributed by atoms with E-state index >= 15 is 0 Å². The molecule has 0 heterocycles. The van der Waals surface area contributed by atoms with Crippen molar-refractivity contribution in [3.63, 3.8) is 0 Å².